The van der Waals surface area contributed by atoms with Crippen LogP contribution in [0.15, 0.2) is 30.7 Å². The molecule has 6 heteroatoms. The number of carbonyl (C=O) groups excluding carboxylic acids is 1. The summed E-state index contributed by atoms with van der Waals surface area (Å²) in [5, 5.41) is 13.8. The molecule has 0 saturated carbocycles. The molecule has 3 aromatic heterocycles. The number of carbonyl (C=O) groups is 1. The van der Waals surface area contributed by atoms with Crippen LogP contribution in [0.25, 0.3) is 15.3 Å². The lowest BCUT2D eigenvalue weighted by atomic mass is 10.2. The van der Waals surface area contributed by atoms with E-state index in [0.29, 0.717) is 11.1 Å². The lowest BCUT2D eigenvalue weighted by Crippen LogP contribution is -1.87. The summed E-state index contributed by atoms with van der Waals surface area (Å²) in [5.41, 5.74) is 1.23. The number of fused-ring (bicyclic) bond motifs is 1. The largest absolute Gasteiger partial charge is 0.493 e. The van der Waals surface area contributed by atoms with E-state index < -0.39 is 0 Å². The van der Waals surface area contributed by atoms with Gasteiger partial charge in [0.2, 0.25) is 5.88 Å². The minimum atomic E-state index is -0.0219. The molecular weight excluding hydrogens is 250 g/mol. The van der Waals surface area contributed by atoms with Crippen molar-refractivity contribution in [2.75, 3.05) is 0 Å². The molecule has 0 aromatic carbocycles. The Bertz CT molecular complexity index is 745. The van der Waals surface area contributed by atoms with Crippen molar-refractivity contribution in [1.82, 2.24) is 14.6 Å². The van der Waals surface area contributed by atoms with Crippen molar-refractivity contribution in [3.05, 3.63) is 36.3 Å². The van der Waals surface area contributed by atoms with Crippen LogP contribution in [0.2, 0.25) is 0 Å². The van der Waals surface area contributed by atoms with Crippen LogP contribution < -0.4 is 0 Å². The number of hydrogen-bond acceptors (Lipinski definition) is 5. The average molecular weight is 259 g/mol. The lowest BCUT2D eigenvalue weighted by Gasteiger charge is -1.97. The number of pyridine rings is 1. The molecule has 0 amide bonds. The molecule has 3 heterocycles. The predicted octanol–water partition coefficient (Wildman–Crippen LogP) is 2.37. The molecule has 3 aromatic rings. The topological polar surface area (TPSA) is 67.5 Å². The molecule has 5 nitrogen and oxygen atoms in total. The third kappa shape index (κ3) is 1.58. The van der Waals surface area contributed by atoms with Gasteiger partial charge in [-0.2, -0.15) is 5.10 Å². The Balaban J connectivity index is 2.20. The van der Waals surface area contributed by atoms with Gasteiger partial charge in [-0.15, -0.1) is 11.3 Å². The number of ketones is 1. The number of aromatic nitrogens is 3. The zero-order valence-corrected chi connectivity index (χ0v) is 10.3. The molecule has 0 aliphatic rings. The summed E-state index contributed by atoms with van der Waals surface area (Å²) in [6, 6.07) is 3.53. The van der Waals surface area contributed by atoms with E-state index in [4.69, 9.17) is 0 Å². The molecular formula is C12H9N3O2S. The summed E-state index contributed by atoms with van der Waals surface area (Å²) in [4.78, 5) is 16.9. The molecule has 0 atom stereocenters. The van der Waals surface area contributed by atoms with Crippen LogP contribution >= 0.6 is 11.3 Å². The minimum Gasteiger partial charge on any atom is -0.493 e. The van der Waals surface area contributed by atoms with E-state index in [1.54, 1.807) is 29.0 Å². The molecule has 0 saturated heterocycles. The predicted molar refractivity (Wildman–Crippen MR) is 68.0 cm³/mol. The van der Waals surface area contributed by atoms with Crippen molar-refractivity contribution in [2.45, 2.75) is 6.92 Å². The van der Waals surface area contributed by atoms with Crippen LogP contribution in [0.4, 0.5) is 0 Å². The van der Waals surface area contributed by atoms with Gasteiger partial charge in [-0.05, 0) is 19.1 Å². The van der Waals surface area contributed by atoms with Crippen LogP contribution in [-0.4, -0.2) is 25.5 Å². The van der Waals surface area contributed by atoms with Gasteiger partial charge in [0.15, 0.2) is 5.78 Å². The van der Waals surface area contributed by atoms with Gasteiger partial charge in [0.1, 0.15) is 4.83 Å². The van der Waals surface area contributed by atoms with Crippen molar-refractivity contribution in [3.8, 4) is 16.3 Å². The van der Waals surface area contributed by atoms with E-state index in [0.717, 1.165) is 9.71 Å². The number of aromatic hydroxyl groups is 1. The van der Waals surface area contributed by atoms with E-state index in [2.05, 4.69) is 10.1 Å². The Hall–Kier alpha value is -2.21. The summed E-state index contributed by atoms with van der Waals surface area (Å²) >= 11 is 1.41. The van der Waals surface area contributed by atoms with Crippen molar-refractivity contribution in [1.29, 1.82) is 0 Å². The third-order valence-electron chi connectivity index (χ3n) is 2.63. The van der Waals surface area contributed by atoms with Crippen LogP contribution in [-0.2, 0) is 0 Å². The highest BCUT2D eigenvalue weighted by Crippen LogP contribution is 2.34. The minimum absolute atomic E-state index is 0.0196. The molecule has 3 rings (SSSR count). The summed E-state index contributed by atoms with van der Waals surface area (Å²) < 4.78 is 1.64. The van der Waals surface area contributed by atoms with Gasteiger partial charge in [-0.1, -0.05) is 0 Å². The molecule has 0 unspecified atom stereocenters. The van der Waals surface area contributed by atoms with E-state index in [9.17, 15) is 9.90 Å². The molecule has 0 aliphatic carbocycles. The quantitative estimate of drug-likeness (QED) is 0.717. The first kappa shape index (κ1) is 10.9. The lowest BCUT2D eigenvalue weighted by molar-refractivity contribution is 0.101. The Kier molecular flexibility index (Phi) is 2.38. The fourth-order valence-electron chi connectivity index (χ4n) is 1.74. The molecule has 0 radical (unpaired) electrons. The number of rotatable bonds is 2. The molecule has 90 valence electrons. The van der Waals surface area contributed by atoms with Gasteiger partial charge >= 0.3 is 0 Å². The van der Waals surface area contributed by atoms with Gasteiger partial charge in [-0.25, -0.2) is 9.50 Å². The van der Waals surface area contributed by atoms with Gasteiger partial charge in [0, 0.05) is 12.4 Å². The van der Waals surface area contributed by atoms with Gasteiger partial charge in [0.05, 0.1) is 22.2 Å². The van der Waals surface area contributed by atoms with Gasteiger partial charge < -0.3 is 5.11 Å². The highest BCUT2D eigenvalue weighted by Gasteiger charge is 2.14. The van der Waals surface area contributed by atoms with Crippen LogP contribution in [0.3, 0.4) is 0 Å². The second-order valence-electron chi connectivity index (χ2n) is 3.83. The fraction of sp³-hybridized carbons (Fsp3) is 0.0833. The Morgan fingerprint density at radius 1 is 1.50 bits per heavy atom. The summed E-state index contributed by atoms with van der Waals surface area (Å²) in [6.07, 6.45) is 4.86. The maximum atomic E-state index is 11.4. The monoisotopic (exact) mass is 259 g/mol. The summed E-state index contributed by atoms with van der Waals surface area (Å²) in [7, 11) is 0. The standard InChI is InChI=1S/C12H9N3O2S/c1-7(16)9-5-14-15-6-10(18-12(9)15)8-3-2-4-13-11(8)17/h2-6H,1H3,(H,13,17). The van der Waals surface area contributed by atoms with Crippen molar-refractivity contribution < 1.29 is 9.90 Å². The summed E-state index contributed by atoms with van der Waals surface area (Å²) in [5.74, 6) is -0.0415. The first-order chi connectivity index (χ1) is 8.66. The van der Waals surface area contributed by atoms with Crippen molar-refractivity contribution >= 4 is 22.0 Å². The fourth-order valence-corrected chi connectivity index (χ4v) is 2.87. The highest BCUT2D eigenvalue weighted by molar-refractivity contribution is 7.21. The van der Waals surface area contributed by atoms with Gasteiger partial charge in [0.25, 0.3) is 0 Å². The zero-order chi connectivity index (χ0) is 12.7. The van der Waals surface area contributed by atoms with E-state index in [1.807, 2.05) is 0 Å². The first-order valence-electron chi connectivity index (χ1n) is 5.29. The number of Topliss-reactive ketones (excluding diaryl/α,β-unsaturated/α-hetero) is 1. The summed E-state index contributed by atoms with van der Waals surface area (Å²) in [6.45, 7) is 1.51. The number of hydrogen-bond donors (Lipinski definition) is 1. The maximum absolute atomic E-state index is 11.4. The molecule has 0 spiro atoms. The van der Waals surface area contributed by atoms with Crippen LogP contribution in [0.1, 0.15) is 17.3 Å². The second kappa shape index (κ2) is 3.92. The normalized spacial score (nSPS) is 10.9. The van der Waals surface area contributed by atoms with Gasteiger partial charge in [-0.3, -0.25) is 4.79 Å². The molecule has 1 N–H and O–H groups in total. The first-order valence-corrected chi connectivity index (χ1v) is 6.11. The number of thiazole rings is 1. The molecule has 0 fully saturated rings. The molecule has 18 heavy (non-hydrogen) atoms. The smallest absolute Gasteiger partial charge is 0.219 e. The van der Waals surface area contributed by atoms with Crippen LogP contribution in [0.5, 0.6) is 5.88 Å². The van der Waals surface area contributed by atoms with Crippen molar-refractivity contribution in [2.24, 2.45) is 0 Å². The third-order valence-corrected chi connectivity index (χ3v) is 3.77. The Morgan fingerprint density at radius 2 is 2.33 bits per heavy atom. The zero-order valence-electron chi connectivity index (χ0n) is 9.49. The SMILES string of the molecule is CC(=O)c1cnn2cc(-c3cccnc3O)sc12. The Labute approximate surface area is 106 Å². The number of nitrogens with zero attached hydrogens (tertiary/aromatic N) is 3. The highest BCUT2D eigenvalue weighted by atomic mass is 32.1. The van der Waals surface area contributed by atoms with Crippen molar-refractivity contribution in [3.63, 3.8) is 0 Å². The molecule has 0 aliphatic heterocycles. The average Bonchev–Trinajstić information content (AvgIpc) is 2.88. The van der Waals surface area contributed by atoms with Crippen LogP contribution in [0, 0.1) is 0 Å². The second-order valence-corrected chi connectivity index (χ2v) is 4.86. The van der Waals surface area contributed by atoms with E-state index in [1.165, 1.54) is 24.5 Å². The molecule has 0 bridgehead atoms. The maximum Gasteiger partial charge on any atom is 0.219 e. The Morgan fingerprint density at radius 3 is 3.06 bits per heavy atom. The van der Waals surface area contributed by atoms with E-state index in [-0.39, 0.29) is 11.7 Å². The van der Waals surface area contributed by atoms with E-state index >= 15 is 0 Å².